The molecule has 5 nitrogen and oxygen atoms in total. The first kappa shape index (κ1) is 15.5. The summed E-state index contributed by atoms with van der Waals surface area (Å²) in [5.41, 5.74) is 0.483. The van der Waals surface area contributed by atoms with Gasteiger partial charge in [-0.1, -0.05) is 5.16 Å². The van der Waals surface area contributed by atoms with Crippen LogP contribution in [0.2, 0.25) is 0 Å². The maximum Gasteiger partial charge on any atom is 0.341 e. The number of carboxylic acid groups (broad SMARTS) is 1. The summed E-state index contributed by atoms with van der Waals surface area (Å²) in [6.07, 6.45) is 1.58. The van der Waals surface area contributed by atoms with Crippen molar-refractivity contribution < 1.29 is 19.5 Å². The number of halogens is 1. The molecule has 0 aliphatic heterocycles. The van der Waals surface area contributed by atoms with Crippen molar-refractivity contribution in [3.8, 4) is 5.75 Å². The molecule has 0 saturated heterocycles. The molecule has 0 aromatic heterocycles. The van der Waals surface area contributed by atoms with Crippen LogP contribution in [-0.4, -0.2) is 29.5 Å². The van der Waals surface area contributed by atoms with E-state index in [9.17, 15) is 4.79 Å². The van der Waals surface area contributed by atoms with Gasteiger partial charge < -0.3 is 14.7 Å². The third-order valence-electron chi connectivity index (χ3n) is 1.84. The van der Waals surface area contributed by atoms with E-state index in [1.165, 1.54) is 0 Å². The average molecular weight is 330 g/mol. The van der Waals surface area contributed by atoms with Crippen LogP contribution in [0.5, 0.6) is 5.75 Å². The van der Waals surface area contributed by atoms with Gasteiger partial charge in [-0.15, -0.1) is 0 Å². The fraction of sp³-hybridized carbons (Fsp3) is 0.385. The average Bonchev–Trinajstić information content (AvgIpc) is 2.26. The van der Waals surface area contributed by atoms with Crippen molar-refractivity contribution in [2.24, 2.45) is 5.16 Å². The molecule has 1 N–H and O–H groups in total. The number of oxime groups is 1. The van der Waals surface area contributed by atoms with Crippen LogP contribution in [0.25, 0.3) is 0 Å². The Kier molecular flexibility index (Phi) is 5.35. The Morgan fingerprint density at radius 1 is 1.47 bits per heavy atom. The molecule has 0 radical (unpaired) electrons. The Hall–Kier alpha value is -1.56. The standard InChI is InChI=1S/C13H16BrNO4/c1-13(2,3)19-15-7-9-4-5-11(10(14)6-9)18-8-12(16)17/h4-7H,8H2,1-3H3,(H,16,17). The summed E-state index contributed by atoms with van der Waals surface area (Å²) in [5, 5.41) is 12.4. The number of nitrogens with zero attached hydrogens (tertiary/aromatic N) is 1. The molecule has 1 aromatic carbocycles. The number of ether oxygens (including phenoxy) is 1. The molecule has 1 aromatic rings. The van der Waals surface area contributed by atoms with Crippen LogP contribution in [0.15, 0.2) is 27.8 Å². The minimum atomic E-state index is -1.02. The van der Waals surface area contributed by atoms with Gasteiger partial charge in [0.25, 0.3) is 0 Å². The molecule has 6 heteroatoms. The number of carboxylic acids is 1. The van der Waals surface area contributed by atoms with E-state index in [1.807, 2.05) is 20.8 Å². The molecule has 1 rings (SSSR count). The fourth-order valence-corrected chi connectivity index (χ4v) is 1.61. The molecule has 0 unspecified atom stereocenters. The molecule has 0 fully saturated rings. The molecule has 0 atom stereocenters. The molecule has 104 valence electrons. The number of hydrogen-bond donors (Lipinski definition) is 1. The van der Waals surface area contributed by atoms with Gasteiger partial charge in [-0.25, -0.2) is 4.79 Å². The van der Waals surface area contributed by atoms with E-state index in [1.54, 1.807) is 24.4 Å². The molecule has 0 heterocycles. The molecule has 0 spiro atoms. The van der Waals surface area contributed by atoms with Gasteiger partial charge in [-0.3, -0.25) is 0 Å². The predicted octanol–water partition coefficient (Wildman–Crippen LogP) is 3.06. The Labute approximate surface area is 120 Å². The summed E-state index contributed by atoms with van der Waals surface area (Å²) in [6.45, 7) is 5.34. The first-order valence-electron chi connectivity index (χ1n) is 5.63. The highest BCUT2D eigenvalue weighted by Gasteiger charge is 2.09. The zero-order valence-electron chi connectivity index (χ0n) is 11.0. The van der Waals surface area contributed by atoms with E-state index in [0.717, 1.165) is 5.56 Å². The summed E-state index contributed by atoms with van der Waals surface area (Å²) < 4.78 is 5.75. The van der Waals surface area contributed by atoms with Crippen LogP contribution in [0.1, 0.15) is 26.3 Å². The molecule has 0 bridgehead atoms. The van der Waals surface area contributed by atoms with Gasteiger partial charge in [0.15, 0.2) is 6.61 Å². The van der Waals surface area contributed by atoms with Gasteiger partial charge in [0.2, 0.25) is 0 Å². The molecule has 0 aliphatic carbocycles. The summed E-state index contributed by atoms with van der Waals surface area (Å²) in [4.78, 5) is 15.6. The van der Waals surface area contributed by atoms with Gasteiger partial charge in [-0.05, 0) is 60.5 Å². The molecular weight excluding hydrogens is 314 g/mol. The van der Waals surface area contributed by atoms with Gasteiger partial charge in [-0.2, -0.15) is 0 Å². The lowest BCUT2D eigenvalue weighted by atomic mass is 10.2. The second-order valence-electron chi connectivity index (χ2n) is 4.81. The minimum Gasteiger partial charge on any atom is -0.481 e. The summed E-state index contributed by atoms with van der Waals surface area (Å²) in [6, 6.07) is 5.20. The first-order chi connectivity index (χ1) is 8.78. The maximum atomic E-state index is 10.4. The highest BCUT2D eigenvalue weighted by Crippen LogP contribution is 2.25. The number of aliphatic carboxylic acids is 1. The largest absolute Gasteiger partial charge is 0.481 e. The zero-order valence-corrected chi connectivity index (χ0v) is 12.6. The third-order valence-corrected chi connectivity index (χ3v) is 2.46. The van der Waals surface area contributed by atoms with E-state index in [-0.39, 0.29) is 12.2 Å². The lowest BCUT2D eigenvalue weighted by Gasteiger charge is -2.14. The lowest BCUT2D eigenvalue weighted by molar-refractivity contribution is -0.139. The number of rotatable bonds is 5. The molecule has 0 amide bonds. The van der Waals surface area contributed by atoms with Crippen molar-refractivity contribution in [3.05, 3.63) is 28.2 Å². The summed E-state index contributed by atoms with van der Waals surface area (Å²) in [5.74, 6) is -0.549. The van der Waals surface area contributed by atoms with Crippen molar-refractivity contribution >= 4 is 28.1 Å². The van der Waals surface area contributed by atoms with Crippen LogP contribution >= 0.6 is 15.9 Å². The van der Waals surface area contributed by atoms with E-state index in [2.05, 4.69) is 21.1 Å². The van der Waals surface area contributed by atoms with Gasteiger partial charge >= 0.3 is 5.97 Å². The SMILES string of the molecule is CC(C)(C)ON=Cc1ccc(OCC(=O)O)c(Br)c1. The third kappa shape index (κ3) is 6.24. The number of benzene rings is 1. The van der Waals surface area contributed by atoms with Gasteiger partial charge in [0.1, 0.15) is 11.4 Å². The summed E-state index contributed by atoms with van der Waals surface area (Å²) in [7, 11) is 0. The van der Waals surface area contributed by atoms with Crippen LogP contribution in [0.4, 0.5) is 0 Å². The fourth-order valence-electron chi connectivity index (χ4n) is 1.10. The first-order valence-corrected chi connectivity index (χ1v) is 6.43. The zero-order chi connectivity index (χ0) is 14.5. The van der Waals surface area contributed by atoms with E-state index >= 15 is 0 Å². The highest BCUT2D eigenvalue weighted by molar-refractivity contribution is 9.10. The number of carbonyl (C=O) groups is 1. The Morgan fingerprint density at radius 2 is 2.16 bits per heavy atom. The second-order valence-corrected chi connectivity index (χ2v) is 5.66. The van der Waals surface area contributed by atoms with Gasteiger partial charge in [0.05, 0.1) is 10.7 Å². The predicted molar refractivity (Wildman–Crippen MR) is 75.7 cm³/mol. The van der Waals surface area contributed by atoms with Gasteiger partial charge in [0, 0.05) is 0 Å². The van der Waals surface area contributed by atoms with Crippen LogP contribution < -0.4 is 4.74 Å². The minimum absolute atomic E-state index is 0.335. The number of hydrogen-bond acceptors (Lipinski definition) is 4. The second kappa shape index (κ2) is 6.56. The van der Waals surface area contributed by atoms with Crippen LogP contribution in [-0.2, 0) is 9.63 Å². The van der Waals surface area contributed by atoms with Crippen molar-refractivity contribution in [1.82, 2.24) is 0 Å². The van der Waals surface area contributed by atoms with E-state index < -0.39 is 5.97 Å². The Bertz CT molecular complexity index is 480. The van der Waals surface area contributed by atoms with E-state index in [4.69, 9.17) is 14.7 Å². The molecule has 19 heavy (non-hydrogen) atoms. The topological polar surface area (TPSA) is 68.1 Å². The quantitative estimate of drug-likeness (QED) is 0.665. The van der Waals surface area contributed by atoms with E-state index in [0.29, 0.717) is 10.2 Å². The normalized spacial score (nSPS) is 11.6. The van der Waals surface area contributed by atoms with Crippen molar-refractivity contribution in [2.45, 2.75) is 26.4 Å². The van der Waals surface area contributed by atoms with Crippen LogP contribution in [0, 0.1) is 0 Å². The van der Waals surface area contributed by atoms with Crippen molar-refractivity contribution in [3.63, 3.8) is 0 Å². The molecular formula is C13H16BrNO4. The molecule has 0 saturated carbocycles. The lowest BCUT2D eigenvalue weighted by Crippen LogP contribution is -2.15. The smallest absolute Gasteiger partial charge is 0.341 e. The summed E-state index contributed by atoms with van der Waals surface area (Å²) >= 11 is 3.31. The van der Waals surface area contributed by atoms with Crippen molar-refractivity contribution in [1.29, 1.82) is 0 Å². The Morgan fingerprint density at radius 3 is 2.68 bits per heavy atom. The van der Waals surface area contributed by atoms with Crippen LogP contribution in [0.3, 0.4) is 0 Å². The monoisotopic (exact) mass is 329 g/mol. The Balaban J connectivity index is 2.68. The molecule has 0 aliphatic rings. The maximum absolute atomic E-state index is 10.4. The highest BCUT2D eigenvalue weighted by atomic mass is 79.9. The van der Waals surface area contributed by atoms with Crippen molar-refractivity contribution in [2.75, 3.05) is 6.61 Å².